The number of aryl methyl sites for hydroxylation is 1. The second-order valence-electron chi connectivity index (χ2n) is 8.28. The van der Waals surface area contributed by atoms with Crippen molar-refractivity contribution in [2.45, 2.75) is 32.7 Å². The molecule has 1 aliphatic carbocycles. The number of carbonyl (C=O) groups excluding carboxylic acids is 1. The summed E-state index contributed by atoms with van der Waals surface area (Å²) in [7, 11) is 1.67. The number of ether oxygens (including phenoxy) is 1. The van der Waals surface area contributed by atoms with Crippen molar-refractivity contribution in [2.24, 2.45) is 5.92 Å². The molecule has 158 valence electrons. The smallest absolute Gasteiger partial charge is 0.270 e. The van der Waals surface area contributed by atoms with E-state index in [9.17, 15) is 4.79 Å². The van der Waals surface area contributed by atoms with Crippen LogP contribution in [0.1, 0.15) is 47.3 Å². The minimum atomic E-state index is -0.237. The fourth-order valence-corrected chi connectivity index (χ4v) is 4.30. The van der Waals surface area contributed by atoms with Gasteiger partial charge in [-0.25, -0.2) is 4.98 Å². The van der Waals surface area contributed by atoms with Gasteiger partial charge in [0.05, 0.1) is 29.9 Å². The number of methoxy groups -OCH3 is 1. The summed E-state index contributed by atoms with van der Waals surface area (Å²) in [5.41, 5.74) is 6.42. The number of H-pyrrole nitrogens is 2. The first-order valence-electron chi connectivity index (χ1n) is 10.5. The Morgan fingerprint density at radius 3 is 2.77 bits per heavy atom. The molecular weight excluding hydrogens is 390 g/mol. The molecule has 4 aromatic rings. The van der Waals surface area contributed by atoms with E-state index in [0.29, 0.717) is 5.69 Å². The van der Waals surface area contributed by atoms with Crippen molar-refractivity contribution in [1.82, 2.24) is 25.5 Å². The lowest BCUT2D eigenvalue weighted by Gasteiger charge is -2.21. The van der Waals surface area contributed by atoms with E-state index in [-0.39, 0.29) is 17.9 Å². The largest absolute Gasteiger partial charge is 0.497 e. The second-order valence-corrected chi connectivity index (χ2v) is 8.28. The number of para-hydroxylation sites is 2. The molecule has 0 radical (unpaired) electrons. The molecule has 0 saturated carbocycles. The van der Waals surface area contributed by atoms with Crippen LogP contribution < -0.4 is 10.1 Å². The number of nitrogens with one attached hydrogen (secondary N) is 3. The highest BCUT2D eigenvalue weighted by atomic mass is 16.5. The lowest BCUT2D eigenvalue weighted by molar-refractivity contribution is 0.0917. The van der Waals surface area contributed by atoms with Gasteiger partial charge >= 0.3 is 0 Å². The normalized spacial score (nSPS) is 13.7. The van der Waals surface area contributed by atoms with Crippen LogP contribution in [0.2, 0.25) is 0 Å². The van der Waals surface area contributed by atoms with Crippen molar-refractivity contribution in [3.63, 3.8) is 0 Å². The number of aromatic nitrogens is 4. The summed E-state index contributed by atoms with van der Waals surface area (Å²) >= 11 is 0. The molecule has 7 nitrogen and oxygen atoms in total. The van der Waals surface area contributed by atoms with Crippen LogP contribution in [0, 0.1) is 5.92 Å². The Labute approximate surface area is 180 Å². The van der Waals surface area contributed by atoms with E-state index in [1.54, 1.807) is 7.11 Å². The molecule has 2 aromatic carbocycles. The van der Waals surface area contributed by atoms with Gasteiger partial charge in [0.2, 0.25) is 0 Å². The molecule has 3 N–H and O–H groups in total. The van der Waals surface area contributed by atoms with Crippen LogP contribution in [0.3, 0.4) is 0 Å². The minimum absolute atomic E-state index is 0.162. The maximum absolute atomic E-state index is 13.2. The van der Waals surface area contributed by atoms with Crippen LogP contribution in [-0.4, -0.2) is 33.2 Å². The zero-order valence-electron chi connectivity index (χ0n) is 17.8. The molecule has 0 saturated heterocycles. The molecule has 2 aromatic heterocycles. The topological polar surface area (TPSA) is 95.7 Å². The van der Waals surface area contributed by atoms with Crippen molar-refractivity contribution >= 4 is 16.9 Å². The van der Waals surface area contributed by atoms with Gasteiger partial charge in [0, 0.05) is 11.1 Å². The van der Waals surface area contributed by atoms with E-state index in [4.69, 9.17) is 9.72 Å². The van der Waals surface area contributed by atoms with Crippen molar-refractivity contribution in [2.75, 3.05) is 7.11 Å². The summed E-state index contributed by atoms with van der Waals surface area (Å²) in [6.07, 6.45) is 1.60. The van der Waals surface area contributed by atoms with Crippen LogP contribution in [0.25, 0.3) is 22.3 Å². The van der Waals surface area contributed by atoms with E-state index in [0.717, 1.165) is 52.3 Å². The summed E-state index contributed by atoms with van der Waals surface area (Å²) in [6, 6.07) is 13.6. The highest BCUT2D eigenvalue weighted by molar-refractivity contribution is 5.96. The van der Waals surface area contributed by atoms with Crippen molar-refractivity contribution in [3.05, 3.63) is 65.1 Å². The molecule has 2 heterocycles. The number of hydrogen-bond acceptors (Lipinski definition) is 4. The molecule has 7 heteroatoms. The Hall–Kier alpha value is -3.61. The Morgan fingerprint density at radius 2 is 2.00 bits per heavy atom. The van der Waals surface area contributed by atoms with Gasteiger partial charge in [-0.15, -0.1) is 0 Å². The maximum Gasteiger partial charge on any atom is 0.270 e. The number of hydrogen-bond donors (Lipinski definition) is 3. The molecule has 0 fully saturated rings. The Bertz CT molecular complexity index is 1240. The fraction of sp³-hybridized carbons (Fsp3) is 0.292. The number of imidazole rings is 1. The van der Waals surface area contributed by atoms with Crippen molar-refractivity contribution in [3.8, 4) is 17.0 Å². The number of benzene rings is 2. The van der Waals surface area contributed by atoms with E-state index in [1.165, 1.54) is 5.56 Å². The molecule has 1 amide bonds. The highest BCUT2D eigenvalue weighted by Crippen LogP contribution is 2.35. The molecule has 5 rings (SSSR count). The summed E-state index contributed by atoms with van der Waals surface area (Å²) in [4.78, 5) is 21.3. The molecule has 0 bridgehead atoms. The Morgan fingerprint density at radius 1 is 1.16 bits per heavy atom. The second kappa shape index (κ2) is 7.58. The van der Waals surface area contributed by atoms with Gasteiger partial charge in [-0.1, -0.05) is 26.0 Å². The van der Waals surface area contributed by atoms with E-state index >= 15 is 0 Å². The quantitative estimate of drug-likeness (QED) is 0.455. The average Bonchev–Trinajstić information content (AvgIpc) is 3.40. The first kappa shape index (κ1) is 19.4. The van der Waals surface area contributed by atoms with E-state index < -0.39 is 0 Å². The van der Waals surface area contributed by atoms with E-state index in [2.05, 4.69) is 34.3 Å². The van der Waals surface area contributed by atoms with Crippen LogP contribution in [0.4, 0.5) is 0 Å². The number of amides is 1. The van der Waals surface area contributed by atoms with Gasteiger partial charge in [-0.05, 0) is 54.7 Å². The number of aromatic amines is 2. The summed E-state index contributed by atoms with van der Waals surface area (Å²) in [5.74, 6) is 1.60. The van der Waals surface area contributed by atoms with Crippen molar-refractivity contribution < 1.29 is 9.53 Å². The van der Waals surface area contributed by atoms with Gasteiger partial charge in [0.1, 0.15) is 17.3 Å². The molecule has 0 spiro atoms. The highest BCUT2D eigenvalue weighted by Gasteiger charge is 2.28. The van der Waals surface area contributed by atoms with Crippen LogP contribution in [0.15, 0.2) is 42.5 Å². The standard InChI is InChI=1S/C24H25N5O2/c1-13(2)20(23-25-18-6-4-5-7-19(18)26-23)27-24(30)22-17-10-8-14-12-15(31-3)9-11-16(14)21(17)28-29-22/h4-7,9,11-13,20H,8,10H2,1-3H3,(H,25,26)(H,27,30)(H,28,29). The van der Waals surface area contributed by atoms with E-state index in [1.807, 2.05) is 42.5 Å². The zero-order chi connectivity index (χ0) is 21.5. The third-order valence-corrected chi connectivity index (χ3v) is 5.96. The van der Waals surface area contributed by atoms with Crippen LogP contribution >= 0.6 is 0 Å². The van der Waals surface area contributed by atoms with Gasteiger partial charge in [-0.3, -0.25) is 9.89 Å². The lowest BCUT2D eigenvalue weighted by atomic mass is 9.88. The molecule has 1 unspecified atom stereocenters. The Kier molecular flexibility index (Phi) is 4.73. The molecular formula is C24H25N5O2. The minimum Gasteiger partial charge on any atom is -0.497 e. The third kappa shape index (κ3) is 3.36. The van der Waals surface area contributed by atoms with Gasteiger partial charge < -0.3 is 15.0 Å². The fourth-order valence-electron chi connectivity index (χ4n) is 4.30. The predicted molar refractivity (Wildman–Crippen MR) is 119 cm³/mol. The van der Waals surface area contributed by atoms with Gasteiger partial charge in [0.15, 0.2) is 0 Å². The average molecular weight is 415 g/mol. The summed E-state index contributed by atoms with van der Waals surface area (Å²) in [6.45, 7) is 4.15. The predicted octanol–water partition coefficient (Wildman–Crippen LogP) is 4.19. The number of carbonyl (C=O) groups is 1. The first-order chi connectivity index (χ1) is 15.0. The molecule has 1 aliphatic rings. The third-order valence-electron chi connectivity index (χ3n) is 5.96. The molecule has 31 heavy (non-hydrogen) atoms. The maximum atomic E-state index is 13.2. The number of fused-ring (bicyclic) bond motifs is 4. The molecule has 1 atom stereocenters. The van der Waals surface area contributed by atoms with Crippen LogP contribution in [-0.2, 0) is 12.8 Å². The van der Waals surface area contributed by atoms with Gasteiger partial charge in [0.25, 0.3) is 5.91 Å². The van der Waals surface area contributed by atoms with Gasteiger partial charge in [-0.2, -0.15) is 5.10 Å². The number of rotatable bonds is 5. The molecule has 0 aliphatic heterocycles. The van der Waals surface area contributed by atoms with Crippen molar-refractivity contribution in [1.29, 1.82) is 0 Å². The first-order valence-corrected chi connectivity index (χ1v) is 10.5. The Balaban J connectivity index is 1.44. The SMILES string of the molecule is COc1ccc2c(c1)CCc1c-2n[nH]c1C(=O)NC(c1nc2ccccc2[nH]1)C(C)C. The monoisotopic (exact) mass is 415 g/mol. The number of nitrogens with zero attached hydrogens (tertiary/aromatic N) is 2. The zero-order valence-corrected chi connectivity index (χ0v) is 17.8. The van der Waals surface area contributed by atoms with Crippen LogP contribution in [0.5, 0.6) is 5.75 Å². The summed E-state index contributed by atoms with van der Waals surface area (Å²) in [5, 5.41) is 10.6. The lowest BCUT2D eigenvalue weighted by Crippen LogP contribution is -2.33. The summed E-state index contributed by atoms with van der Waals surface area (Å²) < 4.78 is 5.34.